The van der Waals surface area contributed by atoms with Crippen LogP contribution in [0.5, 0.6) is 0 Å². The number of piperidine rings is 1. The van der Waals surface area contributed by atoms with Crippen molar-refractivity contribution in [2.24, 2.45) is 17.8 Å². The molecule has 0 saturated carbocycles. The predicted octanol–water partition coefficient (Wildman–Crippen LogP) is 9.02. The van der Waals surface area contributed by atoms with Gasteiger partial charge in [0, 0.05) is 47.9 Å². The van der Waals surface area contributed by atoms with Crippen molar-refractivity contribution in [3.63, 3.8) is 0 Å². The fraction of sp³-hybridized carbons (Fsp3) is 0.627. The topological polar surface area (TPSA) is 184 Å². The highest BCUT2D eigenvalue weighted by Gasteiger charge is 2.38. The molecule has 1 aromatic carbocycles. The maximum Gasteiger partial charge on any atom is 0.426 e. The molecule has 1 aliphatic heterocycles. The van der Waals surface area contributed by atoms with Crippen molar-refractivity contribution in [1.82, 2.24) is 41.3 Å². The Bertz CT molecular complexity index is 2000. The second-order valence-electron chi connectivity index (χ2n) is 18.5. The monoisotopic (exact) mass is 1010 g/mol. The number of rotatable bonds is 29. The largest absolute Gasteiger partial charge is 0.447 e. The molecule has 0 radical (unpaired) electrons. The van der Waals surface area contributed by atoms with Crippen molar-refractivity contribution < 1.29 is 33.4 Å². The van der Waals surface area contributed by atoms with Crippen LogP contribution in [-0.2, 0) is 30.3 Å². The van der Waals surface area contributed by atoms with Gasteiger partial charge in [0.05, 0.1) is 11.0 Å². The smallest absolute Gasteiger partial charge is 0.426 e. The Hall–Kier alpha value is -4.23. The maximum absolute atomic E-state index is 14.9. The summed E-state index contributed by atoms with van der Waals surface area (Å²) in [6.45, 7) is 15.9. The van der Waals surface area contributed by atoms with Gasteiger partial charge in [-0.05, 0) is 98.9 Å². The number of carbonyl (C=O) groups is 5. The van der Waals surface area contributed by atoms with Crippen molar-refractivity contribution in [3.8, 4) is 0 Å². The van der Waals surface area contributed by atoms with Crippen LogP contribution in [0.15, 0.2) is 65.1 Å². The van der Waals surface area contributed by atoms with E-state index in [1.165, 1.54) is 32.9 Å². The summed E-state index contributed by atoms with van der Waals surface area (Å²) in [7, 11) is 4.97. The highest BCUT2D eigenvalue weighted by molar-refractivity contribution is 8.76. The van der Waals surface area contributed by atoms with E-state index in [0.717, 1.165) is 73.5 Å². The Morgan fingerprint density at radius 3 is 2.36 bits per heavy atom. The summed E-state index contributed by atoms with van der Waals surface area (Å²) < 4.78 is 11.5. The minimum Gasteiger partial charge on any atom is -0.447 e. The molecule has 1 aliphatic rings. The molecule has 4 N–H and O–H groups in total. The first-order chi connectivity index (χ1) is 33.3. The second kappa shape index (κ2) is 31.2. The van der Waals surface area contributed by atoms with Crippen LogP contribution >= 0.6 is 32.9 Å². The fourth-order valence-corrected chi connectivity index (χ4v) is 11.1. The van der Waals surface area contributed by atoms with Gasteiger partial charge in [0.1, 0.15) is 30.1 Å². The predicted molar refractivity (Wildman–Crippen MR) is 278 cm³/mol. The van der Waals surface area contributed by atoms with Gasteiger partial charge in [-0.2, -0.15) is 0 Å². The van der Waals surface area contributed by atoms with E-state index in [0.29, 0.717) is 25.2 Å². The van der Waals surface area contributed by atoms with Crippen LogP contribution in [0.25, 0.3) is 0 Å². The number of nitrogens with one attached hydrogen (secondary N) is 4. The molecule has 3 aromatic rings. The molecule has 0 aliphatic carbocycles. The van der Waals surface area contributed by atoms with Gasteiger partial charge < -0.3 is 25.0 Å². The Kier molecular flexibility index (Phi) is 25.9. The van der Waals surface area contributed by atoms with E-state index < -0.39 is 30.0 Å². The number of nitrogens with zero attached hydrogens (tertiary/aromatic N) is 4. The van der Waals surface area contributed by atoms with Crippen molar-refractivity contribution >= 4 is 62.6 Å². The summed E-state index contributed by atoms with van der Waals surface area (Å²) in [5, 5.41) is 9.79. The molecule has 3 heterocycles. The van der Waals surface area contributed by atoms with Gasteiger partial charge in [-0.15, -0.1) is 11.3 Å². The molecule has 69 heavy (non-hydrogen) atoms. The number of amides is 5. The molecule has 2 aromatic heterocycles. The van der Waals surface area contributed by atoms with Crippen molar-refractivity contribution in [2.45, 2.75) is 154 Å². The molecule has 1 saturated heterocycles. The van der Waals surface area contributed by atoms with E-state index in [1.807, 2.05) is 74.3 Å². The van der Waals surface area contributed by atoms with E-state index in [-0.39, 0.29) is 73.0 Å². The number of aromatic nitrogens is 2. The lowest BCUT2D eigenvalue weighted by molar-refractivity contribution is -0.148. The summed E-state index contributed by atoms with van der Waals surface area (Å²) >= 11 is 1.43. The number of hydrogen-bond acceptors (Lipinski definition) is 13. The number of thiazole rings is 1. The molecule has 1 fully saturated rings. The molecule has 7 unspecified atom stereocenters. The standard InChI is InChI=1S/C51H78N8O7S3/c1-9-12-20-27-65-34-59(50(63)45(36(6)10-2)55-48(62)42-23-17-19-26-58(42)8)43(35(4)5)32-39(11-3)49-54-41(33-67-49)47(61)53-40(31-38-21-14-13-15-22-38)30-37(7)46(60)56-57-51(64)66-28-29-68-69-44-24-16-18-25-52-44/h13-16,18,21-22,24-25,33,35-37,39-40,42-43,45H,9-12,17,19-20,23,26-32,34H2,1-8H3,(H,53,61)(H,55,62)(H,56,60)(H,57,64). The lowest BCUT2D eigenvalue weighted by atomic mass is 9.88. The molecular weight excluding hydrogens is 933 g/mol. The highest BCUT2D eigenvalue weighted by atomic mass is 33.1. The number of hydrazine groups is 1. The Labute approximate surface area is 422 Å². The Morgan fingerprint density at radius 2 is 1.68 bits per heavy atom. The molecule has 0 spiro atoms. The van der Waals surface area contributed by atoms with Crippen LogP contribution in [0.4, 0.5) is 4.79 Å². The molecule has 5 amide bonds. The lowest BCUT2D eigenvalue weighted by Gasteiger charge is -2.40. The summed E-state index contributed by atoms with van der Waals surface area (Å²) in [5.74, 6) is -1.18. The summed E-state index contributed by atoms with van der Waals surface area (Å²) in [4.78, 5) is 81.4. The number of pyridine rings is 1. The molecule has 4 rings (SSSR count). The van der Waals surface area contributed by atoms with Gasteiger partial charge in [-0.25, -0.2) is 20.2 Å². The van der Waals surface area contributed by atoms with Crippen LogP contribution in [-0.4, -0.2) is 113 Å². The van der Waals surface area contributed by atoms with E-state index in [2.05, 4.69) is 59.1 Å². The second-order valence-corrected chi connectivity index (χ2v) is 21.8. The van der Waals surface area contributed by atoms with Gasteiger partial charge in [-0.3, -0.25) is 29.5 Å². The number of likely N-dealkylation sites (tertiary alicyclic amines) is 1. The van der Waals surface area contributed by atoms with E-state index in [1.54, 1.807) is 18.5 Å². The van der Waals surface area contributed by atoms with E-state index in [9.17, 15) is 24.0 Å². The summed E-state index contributed by atoms with van der Waals surface area (Å²) in [6.07, 6.45) is 9.53. The molecule has 15 nitrogen and oxygen atoms in total. The van der Waals surface area contributed by atoms with Crippen molar-refractivity contribution in [2.75, 3.05) is 39.3 Å². The molecule has 382 valence electrons. The van der Waals surface area contributed by atoms with Crippen molar-refractivity contribution in [1.29, 1.82) is 0 Å². The molecular formula is C51H78N8O7S3. The van der Waals surface area contributed by atoms with Crippen LogP contribution < -0.4 is 21.5 Å². The number of likely N-dealkylation sites (N-methyl/N-ethyl adjacent to an activating group) is 1. The average Bonchev–Trinajstić information content (AvgIpc) is 3.85. The molecule has 18 heteroatoms. The third kappa shape index (κ3) is 19.5. The molecule has 7 atom stereocenters. The number of benzene rings is 1. The zero-order chi connectivity index (χ0) is 50.1. The van der Waals surface area contributed by atoms with Gasteiger partial charge in [0.15, 0.2) is 0 Å². The SMILES string of the molecule is CCCCCOCN(C(=O)C(NC(=O)C1CCCCN1C)C(C)CC)C(CC(CC)c1nc(C(=O)NC(Cc2ccccc2)CC(C)C(=O)NNC(=O)OCCSSc2ccccn2)cs1)C(C)C. The maximum atomic E-state index is 14.9. The number of unbranched alkanes of at least 4 members (excludes halogenated alkanes) is 2. The fourth-order valence-electron chi connectivity index (χ4n) is 8.35. The number of carbonyl (C=O) groups excluding carboxylic acids is 5. The first-order valence-corrected chi connectivity index (χ1v) is 28.1. The average molecular weight is 1010 g/mol. The van der Waals surface area contributed by atoms with E-state index in [4.69, 9.17) is 14.5 Å². The third-order valence-corrected chi connectivity index (χ3v) is 16.0. The van der Waals surface area contributed by atoms with Crippen molar-refractivity contribution in [3.05, 3.63) is 76.4 Å². The third-order valence-electron chi connectivity index (χ3n) is 12.8. The van der Waals surface area contributed by atoms with Crippen LogP contribution in [0.1, 0.15) is 140 Å². The minimum absolute atomic E-state index is 0.0490. The van der Waals surface area contributed by atoms with Gasteiger partial charge >= 0.3 is 6.09 Å². The van der Waals surface area contributed by atoms with Gasteiger partial charge in [0.2, 0.25) is 17.7 Å². The quantitative estimate of drug-likeness (QED) is 0.0224. The van der Waals surface area contributed by atoms with E-state index >= 15 is 0 Å². The van der Waals surface area contributed by atoms with Crippen LogP contribution in [0, 0.1) is 17.8 Å². The summed E-state index contributed by atoms with van der Waals surface area (Å²) in [6, 6.07) is 13.7. The summed E-state index contributed by atoms with van der Waals surface area (Å²) in [5.41, 5.74) is 6.07. The highest BCUT2D eigenvalue weighted by Crippen LogP contribution is 2.33. The first-order valence-electron chi connectivity index (χ1n) is 24.9. The minimum atomic E-state index is -0.769. The van der Waals surface area contributed by atoms with Crippen LogP contribution in [0.3, 0.4) is 0 Å². The van der Waals surface area contributed by atoms with Crippen LogP contribution in [0.2, 0.25) is 0 Å². The number of hydrogen-bond donors (Lipinski definition) is 4. The first kappa shape index (κ1) is 57.3. The Morgan fingerprint density at radius 1 is 0.913 bits per heavy atom. The van der Waals surface area contributed by atoms with Gasteiger partial charge in [0.25, 0.3) is 5.91 Å². The lowest BCUT2D eigenvalue weighted by Crippen LogP contribution is -2.59. The Balaban J connectivity index is 1.44. The van der Waals surface area contributed by atoms with Gasteiger partial charge in [-0.1, -0.05) is 121 Å². The zero-order valence-electron chi connectivity index (χ0n) is 42.1. The molecule has 0 bridgehead atoms. The number of ether oxygens (including phenoxy) is 2. The zero-order valence-corrected chi connectivity index (χ0v) is 44.5. The normalized spacial score (nSPS) is 16.6.